The fraction of sp³-hybridized carbons (Fsp3) is 0. The highest BCUT2D eigenvalue weighted by atomic mass is 35.5. The molecule has 0 aromatic heterocycles. The Labute approximate surface area is 38.5 Å². The molecule has 0 fully saturated rings. The second kappa shape index (κ2) is 8.84. The monoisotopic (exact) mass is 118 g/mol. The van der Waals surface area contributed by atoms with Crippen LogP contribution in [0.5, 0.6) is 0 Å². The molecular weight excluding hydrogens is 116 g/mol. The molecule has 0 amide bonds. The Bertz CT molecular complexity index is 31.8. The topological polar surface area (TPSA) is 0 Å². The molecule has 0 aliphatic heterocycles. The van der Waals surface area contributed by atoms with E-state index in [-0.39, 0.29) is 0 Å². The molecule has 0 spiro atoms. The largest absolute Gasteiger partial charge is 0.263 e. The average Bonchev–Trinajstić information content (AvgIpc) is 1.41. The molecule has 0 saturated carbocycles. The maximum absolute atomic E-state index is 10.1. The average molecular weight is 118 g/mol. The quantitative estimate of drug-likeness (QED) is 0.459. The van der Waals surface area contributed by atoms with Gasteiger partial charge >= 0.3 is 0 Å². The van der Waals surface area contributed by atoms with Crippen LogP contribution in [-0.4, -0.2) is 0 Å². The van der Waals surface area contributed by atoms with E-state index in [4.69, 9.17) is 3.98 Å². The first-order valence-electron chi connectivity index (χ1n) is 0.874. The van der Waals surface area contributed by atoms with Crippen LogP contribution in [0.25, 0.3) is 0 Å². The lowest BCUT2D eigenvalue weighted by atomic mass is 11.2. The van der Waals surface area contributed by atoms with Crippen molar-refractivity contribution in [3.05, 3.63) is 12.7 Å². The summed E-state index contributed by atoms with van der Waals surface area (Å²) in [6.07, 6.45) is -1.83. The Balaban J connectivity index is 0. The Morgan fingerprint density at radius 3 is 1.33 bits per heavy atom. The van der Waals surface area contributed by atoms with Gasteiger partial charge in [0.05, 0.1) is 0 Å². The molecular formula is C2H2ClF3. The molecule has 0 unspecified atom stereocenters. The summed E-state index contributed by atoms with van der Waals surface area (Å²) in [5.41, 5.74) is 0. The predicted octanol–water partition coefficient (Wildman–Crippen LogP) is 2.51. The highest BCUT2D eigenvalue weighted by Crippen LogP contribution is 1.85. The molecule has 6 heavy (non-hydrogen) atoms. The molecule has 0 N–H and O–H groups in total. The van der Waals surface area contributed by atoms with Gasteiger partial charge < -0.3 is 0 Å². The van der Waals surface area contributed by atoms with Gasteiger partial charge in [0.15, 0.2) is 0 Å². The summed E-state index contributed by atoms with van der Waals surface area (Å²) in [4.78, 5) is 0. The molecule has 0 aliphatic rings. The fourth-order valence-corrected chi connectivity index (χ4v) is 0. The summed E-state index contributed by atoms with van der Waals surface area (Å²) < 4.78 is 29.2. The maximum atomic E-state index is 10.1. The summed E-state index contributed by atoms with van der Waals surface area (Å²) in [5.74, 6) is 0. The van der Waals surface area contributed by atoms with Crippen molar-refractivity contribution >= 4 is 12.0 Å². The lowest BCUT2D eigenvalue weighted by Gasteiger charge is -1.54. The van der Waals surface area contributed by atoms with Gasteiger partial charge in [0.1, 0.15) is 12.0 Å². The van der Waals surface area contributed by atoms with E-state index >= 15 is 0 Å². The van der Waals surface area contributed by atoms with Crippen LogP contribution < -0.4 is 0 Å². The standard InChI is InChI=1S/C2H2F2.ClF/c1-2(3)4;1-2/h1H2;. The van der Waals surface area contributed by atoms with E-state index in [2.05, 4.69) is 18.5 Å². The minimum absolute atomic E-state index is 1.83. The summed E-state index contributed by atoms with van der Waals surface area (Å²) in [6.45, 7) is 2.22. The van der Waals surface area contributed by atoms with E-state index in [0.717, 1.165) is 0 Å². The summed E-state index contributed by atoms with van der Waals surface area (Å²) in [6, 6.07) is 0. The zero-order valence-corrected chi connectivity index (χ0v) is 3.47. The van der Waals surface area contributed by atoms with E-state index in [1.807, 2.05) is 0 Å². The summed E-state index contributed by atoms with van der Waals surface area (Å²) in [7, 11) is 0. The van der Waals surface area contributed by atoms with Gasteiger partial charge in [-0.3, -0.25) is 0 Å². The van der Waals surface area contributed by atoms with Crippen molar-refractivity contribution in [2.45, 2.75) is 0 Å². The highest BCUT2D eigenvalue weighted by Gasteiger charge is 1.65. The van der Waals surface area contributed by atoms with Crippen LogP contribution in [0.1, 0.15) is 0 Å². The van der Waals surface area contributed by atoms with Gasteiger partial charge in [-0.1, -0.05) is 0 Å². The number of halogens is 4. The van der Waals surface area contributed by atoms with Crippen LogP contribution in [0.3, 0.4) is 0 Å². The van der Waals surface area contributed by atoms with Crippen molar-refractivity contribution in [2.24, 2.45) is 0 Å². The molecule has 0 aromatic rings. The molecule has 0 bridgehead atoms. The molecule has 38 valence electrons. The van der Waals surface area contributed by atoms with E-state index in [1.54, 1.807) is 0 Å². The molecule has 0 aliphatic carbocycles. The molecule has 0 rings (SSSR count). The van der Waals surface area contributed by atoms with E-state index in [9.17, 15) is 8.78 Å². The zero-order valence-electron chi connectivity index (χ0n) is 2.72. The third-order valence-electron chi connectivity index (χ3n) is 0. The van der Waals surface area contributed by atoms with Crippen LogP contribution in [0.4, 0.5) is 12.8 Å². The van der Waals surface area contributed by atoms with Gasteiger partial charge in [-0.15, -0.1) is 3.98 Å². The molecule has 0 radical (unpaired) electrons. The van der Waals surface area contributed by atoms with Crippen molar-refractivity contribution < 1.29 is 12.8 Å². The van der Waals surface area contributed by atoms with E-state index in [0.29, 0.717) is 0 Å². The van der Waals surface area contributed by atoms with E-state index < -0.39 is 6.08 Å². The van der Waals surface area contributed by atoms with Crippen LogP contribution in [0.15, 0.2) is 12.7 Å². The predicted molar refractivity (Wildman–Crippen MR) is 18.3 cm³/mol. The minimum atomic E-state index is -1.83. The van der Waals surface area contributed by atoms with Gasteiger partial charge in [0, 0.05) is 0 Å². The second-order valence-electron chi connectivity index (χ2n) is 0.339. The normalized spacial score (nSPS) is 5.33. The molecule has 4 heteroatoms. The van der Waals surface area contributed by atoms with Crippen molar-refractivity contribution in [2.75, 3.05) is 0 Å². The van der Waals surface area contributed by atoms with Gasteiger partial charge in [-0.2, -0.15) is 8.78 Å². The fourth-order valence-electron chi connectivity index (χ4n) is 0. The van der Waals surface area contributed by atoms with Crippen LogP contribution in [-0.2, 0) is 0 Å². The number of hydrogen-bond donors (Lipinski definition) is 0. The minimum Gasteiger partial charge on any atom is -0.174 e. The summed E-state index contributed by atoms with van der Waals surface area (Å²) >= 11 is 3.14. The van der Waals surface area contributed by atoms with Crippen molar-refractivity contribution in [1.29, 1.82) is 0 Å². The van der Waals surface area contributed by atoms with Crippen LogP contribution in [0.2, 0.25) is 0 Å². The smallest absolute Gasteiger partial charge is 0.174 e. The first kappa shape index (κ1) is 9.27. The van der Waals surface area contributed by atoms with Crippen molar-refractivity contribution in [3.8, 4) is 0 Å². The third kappa shape index (κ3) is 938. The Morgan fingerprint density at radius 1 is 1.33 bits per heavy atom. The SMILES string of the molecule is C=C(F)F.FCl. The molecule has 0 atom stereocenters. The van der Waals surface area contributed by atoms with Gasteiger partial charge in [0.25, 0.3) is 6.08 Å². The summed E-state index contributed by atoms with van der Waals surface area (Å²) in [5, 5.41) is 0. The molecule has 0 aromatic carbocycles. The maximum Gasteiger partial charge on any atom is 0.263 e. The van der Waals surface area contributed by atoms with Gasteiger partial charge in [-0.05, 0) is 6.58 Å². The first-order chi connectivity index (χ1) is 2.73. The molecule has 0 heterocycles. The van der Waals surface area contributed by atoms with Gasteiger partial charge in [-0.25, -0.2) is 0 Å². The lowest BCUT2D eigenvalue weighted by molar-refractivity contribution is 0.426. The van der Waals surface area contributed by atoms with Crippen molar-refractivity contribution in [1.82, 2.24) is 0 Å². The Hall–Kier alpha value is -0.180. The van der Waals surface area contributed by atoms with Crippen LogP contribution in [0, 0.1) is 0 Å². The molecule has 0 nitrogen and oxygen atoms in total. The van der Waals surface area contributed by atoms with Crippen LogP contribution >= 0.6 is 12.0 Å². The highest BCUT2D eigenvalue weighted by molar-refractivity contribution is 6.06. The molecule has 0 saturated heterocycles. The lowest BCUT2D eigenvalue weighted by Crippen LogP contribution is -1.33. The number of rotatable bonds is 0. The van der Waals surface area contributed by atoms with Crippen molar-refractivity contribution in [3.63, 3.8) is 0 Å². The Kier molecular flexibility index (Phi) is 13.7. The van der Waals surface area contributed by atoms with E-state index in [1.165, 1.54) is 0 Å². The Morgan fingerprint density at radius 2 is 1.33 bits per heavy atom. The van der Waals surface area contributed by atoms with Gasteiger partial charge in [0.2, 0.25) is 0 Å². The number of hydrogen-bond acceptors (Lipinski definition) is 0. The second-order valence-corrected chi connectivity index (χ2v) is 0.339. The first-order valence-corrected chi connectivity index (χ1v) is 1.16. The zero-order chi connectivity index (χ0) is 5.58. The third-order valence-corrected chi connectivity index (χ3v) is 0.